The van der Waals surface area contributed by atoms with E-state index in [0.29, 0.717) is 17.7 Å². The van der Waals surface area contributed by atoms with Crippen molar-refractivity contribution in [3.05, 3.63) is 59.2 Å². The van der Waals surface area contributed by atoms with Crippen LogP contribution in [0.4, 0.5) is 8.78 Å². The first-order chi connectivity index (χ1) is 9.99. The third kappa shape index (κ3) is 3.79. The topological polar surface area (TPSA) is 21.3 Å². The Bertz CT molecular complexity index is 626. The van der Waals surface area contributed by atoms with Gasteiger partial charge in [-0.3, -0.25) is 0 Å². The van der Waals surface area contributed by atoms with Crippen LogP contribution in [-0.2, 0) is 6.54 Å². The van der Waals surface area contributed by atoms with Gasteiger partial charge in [-0.1, -0.05) is 38.1 Å². The molecule has 21 heavy (non-hydrogen) atoms. The third-order valence-electron chi connectivity index (χ3n) is 3.12. The van der Waals surface area contributed by atoms with E-state index in [0.717, 1.165) is 0 Å². The van der Waals surface area contributed by atoms with Crippen molar-refractivity contribution in [2.24, 2.45) is 0 Å². The number of benzene rings is 2. The molecular formula is C17H19F2NO. The standard InChI is InChI=1S/C17H19F2NO/c1-11(2)20-10-13-7-5-8-14(18)17(13)21-15-9-4-6-12(3)16(15)19/h4-9,11,20H,10H2,1-3H3. The average Bonchev–Trinajstić information content (AvgIpc) is 2.44. The highest BCUT2D eigenvalue weighted by Gasteiger charge is 2.14. The maximum absolute atomic E-state index is 14.0. The lowest BCUT2D eigenvalue weighted by atomic mass is 10.1. The summed E-state index contributed by atoms with van der Waals surface area (Å²) in [6.07, 6.45) is 0. The van der Waals surface area contributed by atoms with Crippen molar-refractivity contribution < 1.29 is 13.5 Å². The molecule has 0 aliphatic carbocycles. The van der Waals surface area contributed by atoms with Crippen molar-refractivity contribution in [1.29, 1.82) is 0 Å². The largest absolute Gasteiger partial charge is 0.451 e. The molecular weight excluding hydrogens is 272 g/mol. The first-order valence-corrected chi connectivity index (χ1v) is 6.92. The minimum Gasteiger partial charge on any atom is -0.451 e. The maximum Gasteiger partial charge on any atom is 0.168 e. The zero-order valence-corrected chi connectivity index (χ0v) is 12.4. The molecule has 4 heteroatoms. The Labute approximate surface area is 123 Å². The molecule has 0 aliphatic heterocycles. The van der Waals surface area contributed by atoms with Crippen LogP contribution in [0.5, 0.6) is 11.5 Å². The van der Waals surface area contributed by atoms with E-state index >= 15 is 0 Å². The van der Waals surface area contributed by atoms with Gasteiger partial charge in [0.25, 0.3) is 0 Å². The van der Waals surface area contributed by atoms with Crippen molar-refractivity contribution in [3.8, 4) is 11.5 Å². The molecule has 2 rings (SSSR count). The molecule has 1 N–H and O–H groups in total. The van der Waals surface area contributed by atoms with Gasteiger partial charge in [0.05, 0.1) is 0 Å². The Kier molecular flexibility index (Phi) is 4.91. The van der Waals surface area contributed by atoms with Gasteiger partial charge in [-0.05, 0) is 24.6 Å². The highest BCUT2D eigenvalue weighted by molar-refractivity contribution is 5.40. The number of rotatable bonds is 5. The summed E-state index contributed by atoms with van der Waals surface area (Å²) in [7, 11) is 0. The van der Waals surface area contributed by atoms with Crippen LogP contribution >= 0.6 is 0 Å². The number of hydrogen-bond donors (Lipinski definition) is 1. The number of aryl methyl sites for hydroxylation is 1. The van der Waals surface area contributed by atoms with E-state index in [2.05, 4.69) is 5.32 Å². The molecule has 2 aromatic rings. The van der Waals surface area contributed by atoms with Crippen LogP contribution < -0.4 is 10.1 Å². The summed E-state index contributed by atoms with van der Waals surface area (Å²) in [5.74, 6) is -0.872. The molecule has 0 bridgehead atoms. The fourth-order valence-corrected chi connectivity index (χ4v) is 1.93. The van der Waals surface area contributed by atoms with Crippen molar-refractivity contribution in [2.45, 2.75) is 33.4 Å². The van der Waals surface area contributed by atoms with E-state index < -0.39 is 11.6 Å². The minimum absolute atomic E-state index is 0.0332. The Balaban J connectivity index is 2.32. The number of hydrogen-bond acceptors (Lipinski definition) is 2. The fraction of sp³-hybridized carbons (Fsp3) is 0.294. The van der Waals surface area contributed by atoms with Crippen LogP contribution in [0.15, 0.2) is 36.4 Å². The number of ether oxygens (including phenoxy) is 1. The monoisotopic (exact) mass is 291 g/mol. The van der Waals surface area contributed by atoms with Crippen molar-refractivity contribution >= 4 is 0 Å². The zero-order chi connectivity index (χ0) is 15.4. The first kappa shape index (κ1) is 15.4. The van der Waals surface area contributed by atoms with Crippen LogP contribution in [0.1, 0.15) is 25.0 Å². The zero-order valence-electron chi connectivity index (χ0n) is 12.4. The molecule has 0 aromatic heterocycles. The van der Waals surface area contributed by atoms with Gasteiger partial charge in [0.2, 0.25) is 0 Å². The summed E-state index contributed by atoms with van der Waals surface area (Å²) in [6, 6.07) is 9.77. The van der Waals surface area contributed by atoms with Crippen LogP contribution in [0.2, 0.25) is 0 Å². The second-order valence-electron chi connectivity index (χ2n) is 5.25. The van der Waals surface area contributed by atoms with Crippen LogP contribution in [0.3, 0.4) is 0 Å². The lowest BCUT2D eigenvalue weighted by Gasteiger charge is -2.15. The Hall–Kier alpha value is -1.94. The van der Waals surface area contributed by atoms with Gasteiger partial charge in [0.15, 0.2) is 23.1 Å². The summed E-state index contributed by atoms with van der Waals surface area (Å²) in [4.78, 5) is 0. The molecule has 0 unspecified atom stereocenters. The van der Waals surface area contributed by atoms with Crippen LogP contribution in [0, 0.1) is 18.6 Å². The van der Waals surface area contributed by atoms with E-state index in [1.807, 2.05) is 13.8 Å². The molecule has 0 aliphatic rings. The number of nitrogens with one attached hydrogen (secondary N) is 1. The Morgan fingerprint density at radius 1 is 1.10 bits per heavy atom. The van der Waals surface area contributed by atoms with E-state index in [4.69, 9.17) is 4.74 Å². The van der Waals surface area contributed by atoms with Crippen molar-refractivity contribution in [3.63, 3.8) is 0 Å². The molecule has 0 saturated heterocycles. The second kappa shape index (κ2) is 6.68. The Morgan fingerprint density at radius 3 is 2.52 bits per heavy atom. The SMILES string of the molecule is Cc1cccc(Oc2c(F)cccc2CNC(C)C)c1F. The van der Waals surface area contributed by atoms with Gasteiger partial charge in [-0.15, -0.1) is 0 Å². The van der Waals surface area contributed by atoms with E-state index in [1.54, 1.807) is 31.2 Å². The minimum atomic E-state index is -0.501. The quantitative estimate of drug-likeness (QED) is 0.871. The number of halogens is 2. The number of para-hydroxylation sites is 1. The Morgan fingerprint density at radius 2 is 1.81 bits per heavy atom. The molecule has 0 spiro atoms. The summed E-state index contributed by atoms with van der Waals surface area (Å²) in [6.45, 7) is 6.10. The molecule has 0 fully saturated rings. The summed E-state index contributed by atoms with van der Waals surface area (Å²) >= 11 is 0. The average molecular weight is 291 g/mol. The highest BCUT2D eigenvalue weighted by Crippen LogP contribution is 2.31. The first-order valence-electron chi connectivity index (χ1n) is 6.92. The highest BCUT2D eigenvalue weighted by atomic mass is 19.1. The van der Waals surface area contributed by atoms with Crippen molar-refractivity contribution in [1.82, 2.24) is 5.32 Å². The summed E-state index contributed by atoms with van der Waals surface area (Å²) < 4.78 is 33.5. The van der Waals surface area contributed by atoms with Gasteiger partial charge < -0.3 is 10.1 Å². The molecule has 0 saturated carbocycles. The second-order valence-corrected chi connectivity index (χ2v) is 5.25. The summed E-state index contributed by atoms with van der Waals surface area (Å²) in [5.41, 5.74) is 1.12. The molecule has 2 nitrogen and oxygen atoms in total. The van der Waals surface area contributed by atoms with Gasteiger partial charge in [0, 0.05) is 18.2 Å². The normalized spacial score (nSPS) is 11.0. The van der Waals surface area contributed by atoms with Gasteiger partial charge in [0.1, 0.15) is 0 Å². The van der Waals surface area contributed by atoms with E-state index in [1.165, 1.54) is 12.1 Å². The van der Waals surface area contributed by atoms with Gasteiger partial charge >= 0.3 is 0 Å². The molecule has 2 aromatic carbocycles. The maximum atomic E-state index is 14.0. The third-order valence-corrected chi connectivity index (χ3v) is 3.12. The molecule has 0 heterocycles. The molecule has 0 atom stereocenters. The van der Waals surface area contributed by atoms with Crippen LogP contribution in [-0.4, -0.2) is 6.04 Å². The van der Waals surface area contributed by atoms with Gasteiger partial charge in [-0.25, -0.2) is 8.78 Å². The lowest BCUT2D eigenvalue weighted by molar-refractivity contribution is 0.405. The smallest absolute Gasteiger partial charge is 0.168 e. The predicted octanol–water partition coefficient (Wildman–Crippen LogP) is 4.56. The van der Waals surface area contributed by atoms with Crippen LogP contribution in [0.25, 0.3) is 0 Å². The molecule has 0 amide bonds. The van der Waals surface area contributed by atoms with E-state index in [-0.39, 0.29) is 17.5 Å². The lowest BCUT2D eigenvalue weighted by Crippen LogP contribution is -2.22. The van der Waals surface area contributed by atoms with Crippen molar-refractivity contribution in [2.75, 3.05) is 0 Å². The van der Waals surface area contributed by atoms with Gasteiger partial charge in [-0.2, -0.15) is 0 Å². The predicted molar refractivity (Wildman–Crippen MR) is 79.6 cm³/mol. The van der Waals surface area contributed by atoms with E-state index in [9.17, 15) is 8.78 Å². The molecule has 112 valence electrons. The fourth-order valence-electron chi connectivity index (χ4n) is 1.93. The summed E-state index contributed by atoms with van der Waals surface area (Å²) in [5, 5.41) is 3.20. The molecule has 0 radical (unpaired) electrons.